The van der Waals surface area contributed by atoms with Gasteiger partial charge in [0.25, 0.3) is 0 Å². The third-order valence-electron chi connectivity index (χ3n) is 5.84. The number of hydrogen-bond acceptors (Lipinski definition) is 8. The molecule has 3 rings (SSSR count). The molecule has 10 nitrogen and oxygen atoms in total. The third-order valence-corrected chi connectivity index (χ3v) is 6.87. The molecular weight excluding hydrogens is 440 g/mol. The molecule has 0 saturated heterocycles. The van der Waals surface area contributed by atoms with Crippen LogP contribution in [0.1, 0.15) is 57.1 Å². The Morgan fingerprint density at radius 2 is 1.82 bits per heavy atom. The molecule has 1 heterocycles. The Morgan fingerprint density at radius 3 is 2.33 bits per heavy atom. The molecule has 11 heteroatoms. The summed E-state index contributed by atoms with van der Waals surface area (Å²) in [5.74, 6) is 12.0. The first-order valence-electron chi connectivity index (χ1n) is 11.2. The van der Waals surface area contributed by atoms with Gasteiger partial charge in [0.1, 0.15) is 5.82 Å². The predicted octanol–water partition coefficient (Wildman–Crippen LogP) is 1.54. The van der Waals surface area contributed by atoms with E-state index in [9.17, 15) is 8.42 Å². The van der Waals surface area contributed by atoms with Gasteiger partial charge >= 0.3 is 0 Å². The monoisotopic (exact) mass is 476 g/mol. The number of primary sulfonamides is 1. The summed E-state index contributed by atoms with van der Waals surface area (Å²) < 4.78 is 25.4. The topological polar surface area (TPSA) is 202 Å². The molecule has 1 aromatic heterocycles. The number of nitrogens with two attached hydrogens (primary N) is 5. The second-order valence-corrected chi connectivity index (χ2v) is 9.43. The lowest BCUT2D eigenvalue weighted by atomic mass is 9.83. The zero-order valence-electron chi connectivity index (χ0n) is 19.3. The van der Waals surface area contributed by atoms with Gasteiger partial charge in [0, 0.05) is 23.4 Å². The highest BCUT2D eigenvalue weighted by Gasteiger charge is 2.27. The molecule has 2 aromatic rings. The third kappa shape index (κ3) is 6.64. The van der Waals surface area contributed by atoms with Crippen LogP contribution >= 0.6 is 0 Å². The fraction of sp³-hybridized carbons (Fsp3) is 0.455. The molecule has 0 amide bonds. The summed E-state index contributed by atoms with van der Waals surface area (Å²) in [5, 5.41) is 9.31. The molecule has 11 N–H and O–H groups in total. The smallest absolute Gasteiger partial charge is 0.239 e. The molecule has 0 radical (unpaired) electrons. The number of anilines is 1. The second kappa shape index (κ2) is 11.9. The van der Waals surface area contributed by atoms with Crippen molar-refractivity contribution in [3.63, 3.8) is 0 Å². The molecule has 0 unspecified atom stereocenters. The Balaban J connectivity index is 0.00000187. The Kier molecular flexibility index (Phi) is 9.59. The van der Waals surface area contributed by atoms with Gasteiger partial charge in [-0.1, -0.05) is 26.0 Å². The van der Waals surface area contributed by atoms with Crippen LogP contribution in [0.15, 0.2) is 40.5 Å². The van der Waals surface area contributed by atoms with Crippen LogP contribution in [0.5, 0.6) is 0 Å². The molecule has 1 aromatic carbocycles. The first-order valence-corrected chi connectivity index (χ1v) is 12.7. The number of nitrogens with zero attached hydrogens (tertiary/aromatic N) is 2. The molecule has 0 spiro atoms. The zero-order valence-corrected chi connectivity index (χ0v) is 20.1. The summed E-state index contributed by atoms with van der Waals surface area (Å²) in [4.78, 5) is 4.04. The van der Waals surface area contributed by atoms with Crippen LogP contribution in [-0.4, -0.2) is 25.3 Å². The summed E-state index contributed by atoms with van der Waals surface area (Å²) in [6, 6.07) is 7.17. The fourth-order valence-electron chi connectivity index (χ4n) is 4.20. The average molecular weight is 477 g/mol. The van der Waals surface area contributed by atoms with E-state index in [-0.39, 0.29) is 22.3 Å². The Bertz CT molecular complexity index is 1050. The highest BCUT2D eigenvalue weighted by atomic mass is 32.2. The Morgan fingerprint density at radius 1 is 1.15 bits per heavy atom. The Hall–Kier alpha value is -2.73. The highest BCUT2D eigenvalue weighted by Crippen LogP contribution is 2.34. The number of nitrogens with one attached hydrogen (secondary N) is 1. The van der Waals surface area contributed by atoms with Gasteiger partial charge in [-0.2, -0.15) is 5.10 Å². The molecule has 1 saturated carbocycles. The number of aromatic nitrogens is 1. The first-order chi connectivity index (χ1) is 15.7. The van der Waals surface area contributed by atoms with Crippen molar-refractivity contribution in [1.82, 2.24) is 10.4 Å². The summed E-state index contributed by atoms with van der Waals surface area (Å²) >= 11 is 0. The molecule has 1 fully saturated rings. The van der Waals surface area contributed by atoms with E-state index in [1.807, 2.05) is 13.8 Å². The molecule has 0 aliphatic heterocycles. The molecule has 182 valence electrons. The van der Waals surface area contributed by atoms with E-state index in [1.54, 1.807) is 24.3 Å². The van der Waals surface area contributed by atoms with Gasteiger partial charge in [-0.15, -0.1) is 0 Å². The summed E-state index contributed by atoms with van der Waals surface area (Å²) in [6.45, 7) is 4.00. The molecule has 0 atom stereocenters. The van der Waals surface area contributed by atoms with E-state index < -0.39 is 10.0 Å². The van der Waals surface area contributed by atoms with Crippen molar-refractivity contribution in [2.24, 2.45) is 33.6 Å². The second-order valence-electron chi connectivity index (χ2n) is 7.93. The maximum Gasteiger partial charge on any atom is 0.239 e. The van der Waals surface area contributed by atoms with Gasteiger partial charge in [0.2, 0.25) is 10.0 Å². The first kappa shape index (κ1) is 26.5. The number of sulfonamides is 1. The van der Waals surface area contributed by atoms with Crippen molar-refractivity contribution in [2.75, 3.05) is 5.73 Å². The standard InChI is InChI=1S/C20H30N8O2S.C2H6/c21-15-7-2-12(3-8-15)1-4-13-5-9-16(14-6-10-17(22)26-11-14)18(20(27-23)28-24)19(13)31(25,29)30;1-2/h5-6,9-12,15H,1-4,7-8,21,23-24H2,(H2,22,26)(H,27,28)(H2,25,29,30);1-2H3. The summed E-state index contributed by atoms with van der Waals surface area (Å²) in [5.41, 5.74) is 16.0. The quantitative estimate of drug-likeness (QED) is 0.156. The largest absolute Gasteiger partial charge is 0.384 e. The van der Waals surface area contributed by atoms with Crippen molar-refractivity contribution >= 4 is 21.7 Å². The van der Waals surface area contributed by atoms with Gasteiger partial charge < -0.3 is 22.7 Å². The fourth-order valence-corrected chi connectivity index (χ4v) is 5.23. The van der Waals surface area contributed by atoms with E-state index in [4.69, 9.17) is 28.3 Å². The van der Waals surface area contributed by atoms with Gasteiger partial charge in [-0.25, -0.2) is 24.4 Å². The summed E-state index contributed by atoms with van der Waals surface area (Å²) in [6.07, 6.45) is 6.96. The molecule has 1 aliphatic carbocycles. The van der Waals surface area contributed by atoms with Gasteiger partial charge in [-0.3, -0.25) is 0 Å². The van der Waals surface area contributed by atoms with Gasteiger partial charge in [0.05, 0.1) is 4.90 Å². The zero-order chi connectivity index (χ0) is 24.6. The minimum atomic E-state index is -4.13. The van der Waals surface area contributed by atoms with Gasteiger partial charge in [0.15, 0.2) is 5.84 Å². The minimum Gasteiger partial charge on any atom is -0.384 e. The maximum atomic E-state index is 12.7. The number of nitrogen functional groups attached to an aromatic ring is 1. The van der Waals surface area contributed by atoms with E-state index in [0.717, 1.165) is 32.1 Å². The SMILES string of the molecule is CC.N/N=C(\NN)c1c(-c2ccc(N)nc2)ccc(CCC2CCC(N)CC2)c1S(N)(=O)=O. The predicted molar refractivity (Wildman–Crippen MR) is 133 cm³/mol. The van der Waals surface area contributed by atoms with Crippen molar-refractivity contribution in [3.8, 4) is 11.1 Å². The lowest BCUT2D eigenvalue weighted by Crippen LogP contribution is -2.35. The molecule has 1 aliphatic rings. The van der Waals surface area contributed by atoms with Crippen molar-refractivity contribution in [3.05, 3.63) is 41.6 Å². The van der Waals surface area contributed by atoms with E-state index in [1.165, 1.54) is 6.20 Å². The average Bonchev–Trinajstić information content (AvgIpc) is 2.80. The Labute approximate surface area is 196 Å². The van der Waals surface area contributed by atoms with Crippen LogP contribution in [0.4, 0.5) is 5.82 Å². The number of hydrogen-bond donors (Lipinski definition) is 6. The van der Waals surface area contributed by atoms with Gasteiger partial charge in [-0.05, 0) is 67.7 Å². The normalized spacial score (nSPS) is 18.9. The van der Waals surface area contributed by atoms with E-state index >= 15 is 0 Å². The number of hydrazone groups is 1. The number of rotatable bonds is 6. The maximum absolute atomic E-state index is 12.7. The van der Waals surface area contributed by atoms with Crippen LogP contribution in [0.2, 0.25) is 0 Å². The summed E-state index contributed by atoms with van der Waals surface area (Å²) in [7, 11) is -4.13. The number of benzene rings is 1. The van der Waals surface area contributed by atoms with Crippen LogP contribution < -0.4 is 33.7 Å². The van der Waals surface area contributed by atoms with E-state index in [2.05, 4.69) is 15.5 Å². The van der Waals surface area contributed by atoms with Crippen LogP contribution in [-0.2, 0) is 16.4 Å². The minimum absolute atomic E-state index is 0.00124. The molecule has 33 heavy (non-hydrogen) atoms. The van der Waals surface area contributed by atoms with Crippen molar-refractivity contribution in [2.45, 2.75) is 63.3 Å². The van der Waals surface area contributed by atoms with Crippen molar-refractivity contribution in [1.29, 1.82) is 0 Å². The highest BCUT2D eigenvalue weighted by molar-refractivity contribution is 7.89. The van der Waals surface area contributed by atoms with Crippen LogP contribution in [0, 0.1) is 5.92 Å². The molecule has 0 bridgehead atoms. The number of amidine groups is 1. The van der Waals surface area contributed by atoms with Crippen molar-refractivity contribution < 1.29 is 8.42 Å². The molecular formula is C22H36N8O2S. The number of pyridine rings is 1. The number of hydrazine groups is 1. The van der Waals surface area contributed by atoms with Crippen LogP contribution in [0.3, 0.4) is 0 Å². The lowest BCUT2D eigenvalue weighted by molar-refractivity contribution is 0.310. The number of aryl methyl sites for hydroxylation is 1. The van der Waals surface area contributed by atoms with Crippen LogP contribution in [0.25, 0.3) is 11.1 Å². The van der Waals surface area contributed by atoms with E-state index in [0.29, 0.717) is 34.8 Å². The lowest BCUT2D eigenvalue weighted by Gasteiger charge is -2.26.